The van der Waals surface area contributed by atoms with E-state index in [2.05, 4.69) is 4.98 Å². The van der Waals surface area contributed by atoms with Gasteiger partial charge in [0, 0.05) is 40.6 Å². The molecule has 0 saturated heterocycles. The molecule has 0 fully saturated rings. The van der Waals surface area contributed by atoms with Crippen molar-refractivity contribution in [3.05, 3.63) is 83.3 Å². The number of rotatable bonds is 2. The molecule has 0 unspecified atom stereocenters. The molecule has 4 aromatic rings. The number of nitrogens with zero attached hydrogens (tertiary/aromatic N) is 2. The molecule has 0 atom stereocenters. The van der Waals surface area contributed by atoms with E-state index < -0.39 is 11.7 Å². The minimum absolute atomic E-state index is 0.210. The molecule has 4 rings (SSSR count). The van der Waals surface area contributed by atoms with Gasteiger partial charge >= 0.3 is 6.18 Å². The highest BCUT2D eigenvalue weighted by Crippen LogP contribution is 2.31. The Morgan fingerprint density at radius 3 is 2.46 bits per heavy atom. The second-order valence-electron chi connectivity index (χ2n) is 6.06. The van der Waals surface area contributed by atoms with E-state index in [1.54, 1.807) is 12.4 Å². The molecule has 0 saturated carbocycles. The van der Waals surface area contributed by atoms with Crippen LogP contribution in [0.25, 0.3) is 16.4 Å². The number of hydrogen-bond acceptors (Lipinski definition) is 2. The van der Waals surface area contributed by atoms with Crippen molar-refractivity contribution in [1.29, 1.82) is 0 Å². The third kappa shape index (κ3) is 2.45. The van der Waals surface area contributed by atoms with E-state index in [0.29, 0.717) is 10.9 Å². The van der Waals surface area contributed by atoms with Crippen LogP contribution in [0.2, 0.25) is 0 Å². The highest BCUT2D eigenvalue weighted by atomic mass is 19.4. The quantitative estimate of drug-likeness (QED) is 0.472. The van der Waals surface area contributed by atoms with Crippen LogP contribution in [-0.4, -0.2) is 15.2 Å². The maximum atomic E-state index is 13.1. The minimum Gasteiger partial charge on any atom is -0.316 e. The predicted molar refractivity (Wildman–Crippen MR) is 92.3 cm³/mol. The summed E-state index contributed by atoms with van der Waals surface area (Å²) in [6.45, 7) is 1.83. The number of aryl methyl sites for hydroxylation is 1. The molecule has 0 bridgehead atoms. The van der Waals surface area contributed by atoms with Crippen LogP contribution in [0.1, 0.15) is 27.0 Å². The van der Waals surface area contributed by atoms with E-state index >= 15 is 0 Å². The number of halogens is 3. The molecular weight excluding hydrogens is 341 g/mol. The van der Waals surface area contributed by atoms with Gasteiger partial charge in [0.25, 0.3) is 0 Å². The zero-order valence-electron chi connectivity index (χ0n) is 13.7. The van der Waals surface area contributed by atoms with Crippen molar-refractivity contribution in [1.82, 2.24) is 9.38 Å². The van der Waals surface area contributed by atoms with Gasteiger partial charge in [-0.25, -0.2) is 0 Å². The Kier molecular flexibility index (Phi) is 3.57. The Hall–Kier alpha value is -3.15. The molecule has 3 heterocycles. The summed E-state index contributed by atoms with van der Waals surface area (Å²) in [5, 5.41) is 0.665. The second kappa shape index (κ2) is 5.69. The number of fused-ring (bicyclic) bond motifs is 3. The summed E-state index contributed by atoms with van der Waals surface area (Å²) < 4.78 is 40.2. The van der Waals surface area contributed by atoms with Gasteiger partial charge < -0.3 is 4.40 Å². The molecule has 1 aromatic carbocycles. The highest BCUT2D eigenvalue weighted by molar-refractivity contribution is 6.18. The molecule has 6 heteroatoms. The molecule has 0 aliphatic rings. The van der Waals surface area contributed by atoms with E-state index in [9.17, 15) is 18.0 Å². The Bertz CT molecular complexity index is 1140. The highest BCUT2D eigenvalue weighted by Gasteiger charge is 2.30. The number of carbonyl (C=O) groups excluding carboxylic acids is 1. The van der Waals surface area contributed by atoms with Crippen molar-refractivity contribution < 1.29 is 18.0 Å². The smallest absolute Gasteiger partial charge is 0.316 e. The molecule has 130 valence electrons. The van der Waals surface area contributed by atoms with Crippen molar-refractivity contribution in [3.63, 3.8) is 0 Å². The molecule has 0 aliphatic carbocycles. The minimum atomic E-state index is -4.43. The van der Waals surface area contributed by atoms with Gasteiger partial charge in [0.15, 0.2) is 5.78 Å². The van der Waals surface area contributed by atoms with Gasteiger partial charge in [0.1, 0.15) is 0 Å². The molecule has 3 nitrogen and oxygen atoms in total. The van der Waals surface area contributed by atoms with E-state index in [-0.39, 0.29) is 11.3 Å². The topological polar surface area (TPSA) is 34.4 Å². The van der Waals surface area contributed by atoms with Gasteiger partial charge in [-0.05, 0) is 42.8 Å². The normalized spacial score (nSPS) is 12.0. The summed E-state index contributed by atoms with van der Waals surface area (Å²) in [7, 11) is 0. The predicted octanol–water partition coefficient (Wildman–Crippen LogP) is 5.05. The van der Waals surface area contributed by atoms with Crippen LogP contribution >= 0.6 is 0 Å². The van der Waals surface area contributed by atoms with Gasteiger partial charge in [0.2, 0.25) is 0 Å². The van der Waals surface area contributed by atoms with Crippen LogP contribution in [0, 0.1) is 6.92 Å². The summed E-state index contributed by atoms with van der Waals surface area (Å²) in [5.41, 5.74) is 2.35. The largest absolute Gasteiger partial charge is 0.416 e. The van der Waals surface area contributed by atoms with E-state index in [1.807, 2.05) is 35.7 Å². The average Bonchev–Trinajstić information content (AvgIpc) is 3.11. The first-order valence-corrected chi connectivity index (χ1v) is 7.93. The Morgan fingerprint density at radius 1 is 1.04 bits per heavy atom. The number of hydrogen-bond donors (Lipinski definition) is 0. The fourth-order valence-electron chi connectivity index (χ4n) is 3.26. The summed E-state index contributed by atoms with van der Waals surface area (Å²) in [5.74, 6) is -0.321. The van der Waals surface area contributed by atoms with Gasteiger partial charge in [-0.2, -0.15) is 13.2 Å². The summed E-state index contributed by atoms with van der Waals surface area (Å²) in [6, 6.07) is 9.89. The summed E-state index contributed by atoms with van der Waals surface area (Å²) in [6.07, 6.45) is 0.721. The Morgan fingerprint density at radius 2 is 1.77 bits per heavy atom. The molecule has 0 N–H and O–H groups in total. The standard InChI is InChI=1S/C20H13F3N2O/c1-12-16-3-2-10-25(16)17-8-9-24-11-15(17)18(12)19(26)13-4-6-14(7-5-13)20(21,22)23/h2-11H,1H3. The van der Waals surface area contributed by atoms with Crippen molar-refractivity contribution in [3.8, 4) is 0 Å². The zero-order chi connectivity index (χ0) is 18.5. The first kappa shape index (κ1) is 16.3. The van der Waals surface area contributed by atoms with Crippen LogP contribution in [0.15, 0.2) is 61.1 Å². The lowest BCUT2D eigenvalue weighted by atomic mass is 9.95. The summed E-state index contributed by atoms with van der Waals surface area (Å²) in [4.78, 5) is 17.2. The number of pyridine rings is 2. The van der Waals surface area contributed by atoms with Gasteiger partial charge in [-0.1, -0.05) is 12.1 Å². The molecule has 3 aromatic heterocycles. The van der Waals surface area contributed by atoms with Crippen LogP contribution < -0.4 is 0 Å². The SMILES string of the molecule is Cc1c(C(=O)c2ccc(C(F)(F)F)cc2)c2cnccc2n2cccc12. The molecule has 26 heavy (non-hydrogen) atoms. The molecule has 0 amide bonds. The lowest BCUT2D eigenvalue weighted by molar-refractivity contribution is -0.137. The Labute approximate surface area is 146 Å². The molecule has 0 radical (unpaired) electrons. The fourth-order valence-corrected chi connectivity index (χ4v) is 3.26. The van der Waals surface area contributed by atoms with E-state index in [1.165, 1.54) is 12.1 Å². The Balaban J connectivity index is 1.93. The number of benzene rings is 1. The second-order valence-corrected chi connectivity index (χ2v) is 6.06. The first-order valence-electron chi connectivity index (χ1n) is 7.93. The third-order valence-corrected chi connectivity index (χ3v) is 4.54. The fraction of sp³-hybridized carbons (Fsp3) is 0.100. The first-order chi connectivity index (χ1) is 12.4. The van der Waals surface area contributed by atoms with Gasteiger partial charge in [-0.15, -0.1) is 0 Å². The van der Waals surface area contributed by atoms with E-state index in [4.69, 9.17) is 0 Å². The maximum absolute atomic E-state index is 13.1. The number of alkyl halides is 3. The third-order valence-electron chi connectivity index (χ3n) is 4.54. The molecular formula is C20H13F3N2O. The van der Waals surface area contributed by atoms with Crippen LogP contribution in [0.3, 0.4) is 0 Å². The monoisotopic (exact) mass is 354 g/mol. The van der Waals surface area contributed by atoms with Crippen LogP contribution in [-0.2, 0) is 6.18 Å². The summed E-state index contributed by atoms with van der Waals surface area (Å²) >= 11 is 0. The maximum Gasteiger partial charge on any atom is 0.416 e. The van der Waals surface area contributed by atoms with Gasteiger partial charge in [0.05, 0.1) is 11.1 Å². The van der Waals surface area contributed by atoms with Crippen molar-refractivity contribution in [2.24, 2.45) is 0 Å². The van der Waals surface area contributed by atoms with Crippen molar-refractivity contribution in [2.75, 3.05) is 0 Å². The molecule has 0 spiro atoms. The lowest BCUT2D eigenvalue weighted by Crippen LogP contribution is -2.09. The number of aromatic nitrogens is 2. The van der Waals surface area contributed by atoms with Crippen molar-refractivity contribution in [2.45, 2.75) is 13.1 Å². The van der Waals surface area contributed by atoms with Gasteiger partial charge in [-0.3, -0.25) is 9.78 Å². The van der Waals surface area contributed by atoms with Crippen LogP contribution in [0.4, 0.5) is 13.2 Å². The average molecular weight is 354 g/mol. The van der Waals surface area contributed by atoms with Crippen LogP contribution in [0.5, 0.6) is 0 Å². The number of carbonyl (C=O) groups is 1. The van der Waals surface area contributed by atoms with Crippen molar-refractivity contribution >= 4 is 22.2 Å². The lowest BCUT2D eigenvalue weighted by Gasteiger charge is -2.13. The number of ketones is 1. The van der Waals surface area contributed by atoms with E-state index in [0.717, 1.165) is 28.7 Å². The molecule has 0 aliphatic heterocycles. The zero-order valence-corrected chi connectivity index (χ0v) is 13.7.